The molecule has 0 bridgehead atoms. The van der Waals surface area contributed by atoms with Crippen molar-refractivity contribution in [2.75, 3.05) is 19.6 Å². The summed E-state index contributed by atoms with van der Waals surface area (Å²) < 4.78 is 0. The number of amides is 1. The minimum Gasteiger partial charge on any atom is -0.333 e. The van der Waals surface area contributed by atoms with Crippen molar-refractivity contribution in [3.05, 3.63) is 23.0 Å². The zero-order valence-corrected chi connectivity index (χ0v) is 10.5. The maximum absolute atomic E-state index is 12.4. The molecule has 0 spiro atoms. The first-order valence-electron chi connectivity index (χ1n) is 5.92. The number of carbonyl (C=O) groups is 1. The highest BCUT2D eigenvalue weighted by Crippen LogP contribution is 2.13. The molecule has 0 saturated carbocycles. The second kappa shape index (κ2) is 4.79. The van der Waals surface area contributed by atoms with Crippen LogP contribution in [0.1, 0.15) is 28.7 Å². The molecule has 0 unspecified atom stereocenters. The second-order valence-electron chi connectivity index (χ2n) is 4.54. The van der Waals surface area contributed by atoms with Gasteiger partial charge in [-0.3, -0.25) is 4.79 Å². The van der Waals surface area contributed by atoms with Crippen molar-refractivity contribution >= 4 is 5.91 Å². The summed E-state index contributed by atoms with van der Waals surface area (Å²) in [7, 11) is 0. The monoisotopic (exact) mass is 234 g/mol. The standard InChI is InChI=1S/C12H18N4O/c1-8-6-11(10(3)15-14-8)12(17)16-5-4-13-7-9(16)2/h6,9,13H,4-5,7H2,1-3H3/t9-/m1/s1. The molecule has 5 nitrogen and oxygen atoms in total. The number of hydrogen-bond acceptors (Lipinski definition) is 4. The summed E-state index contributed by atoms with van der Waals surface area (Å²) in [6.07, 6.45) is 0. The van der Waals surface area contributed by atoms with E-state index in [0.717, 1.165) is 25.3 Å². The zero-order chi connectivity index (χ0) is 12.4. The van der Waals surface area contributed by atoms with E-state index in [1.807, 2.05) is 24.8 Å². The van der Waals surface area contributed by atoms with Crippen LogP contribution in [0.4, 0.5) is 0 Å². The van der Waals surface area contributed by atoms with Crippen molar-refractivity contribution in [1.29, 1.82) is 0 Å². The Kier molecular flexibility index (Phi) is 3.38. The molecule has 17 heavy (non-hydrogen) atoms. The molecular formula is C12H18N4O. The van der Waals surface area contributed by atoms with Gasteiger partial charge in [0.25, 0.3) is 5.91 Å². The summed E-state index contributed by atoms with van der Waals surface area (Å²) in [4.78, 5) is 14.3. The molecule has 1 fully saturated rings. The molecule has 2 heterocycles. The molecule has 1 aromatic rings. The van der Waals surface area contributed by atoms with E-state index in [1.165, 1.54) is 0 Å². The van der Waals surface area contributed by atoms with E-state index in [4.69, 9.17) is 0 Å². The Morgan fingerprint density at radius 1 is 1.47 bits per heavy atom. The summed E-state index contributed by atoms with van der Waals surface area (Å²) in [5.74, 6) is 0.0644. The first kappa shape index (κ1) is 12.0. The van der Waals surface area contributed by atoms with Crippen molar-refractivity contribution < 1.29 is 4.79 Å². The van der Waals surface area contributed by atoms with Crippen LogP contribution >= 0.6 is 0 Å². The van der Waals surface area contributed by atoms with Crippen molar-refractivity contribution in [2.24, 2.45) is 0 Å². The number of nitrogens with zero attached hydrogens (tertiary/aromatic N) is 3. The third-order valence-corrected chi connectivity index (χ3v) is 3.09. The summed E-state index contributed by atoms with van der Waals surface area (Å²) in [6.45, 7) is 8.19. The number of aromatic nitrogens is 2. The van der Waals surface area contributed by atoms with E-state index in [-0.39, 0.29) is 11.9 Å². The highest BCUT2D eigenvalue weighted by atomic mass is 16.2. The van der Waals surface area contributed by atoms with Crippen molar-refractivity contribution in [1.82, 2.24) is 20.4 Å². The first-order valence-corrected chi connectivity index (χ1v) is 5.92. The van der Waals surface area contributed by atoms with Crippen LogP contribution in [0.25, 0.3) is 0 Å². The lowest BCUT2D eigenvalue weighted by atomic mass is 10.1. The normalized spacial score (nSPS) is 20.4. The molecule has 0 aromatic carbocycles. The molecule has 1 aliphatic heterocycles. The third kappa shape index (κ3) is 2.44. The maximum atomic E-state index is 12.4. The number of aryl methyl sites for hydroxylation is 2. The van der Waals surface area contributed by atoms with E-state index < -0.39 is 0 Å². The summed E-state index contributed by atoms with van der Waals surface area (Å²) >= 11 is 0. The first-order chi connectivity index (χ1) is 8.09. The fourth-order valence-electron chi connectivity index (χ4n) is 2.06. The Morgan fingerprint density at radius 3 is 2.94 bits per heavy atom. The predicted octanol–water partition coefficient (Wildman–Crippen LogP) is 0.527. The Balaban J connectivity index is 2.26. The smallest absolute Gasteiger partial charge is 0.256 e. The molecule has 1 N–H and O–H groups in total. The van der Waals surface area contributed by atoms with Crippen LogP contribution in [-0.4, -0.2) is 46.7 Å². The number of nitrogens with one attached hydrogen (secondary N) is 1. The number of carbonyl (C=O) groups excluding carboxylic acids is 1. The molecule has 1 saturated heterocycles. The van der Waals surface area contributed by atoms with Crippen molar-refractivity contribution in [2.45, 2.75) is 26.8 Å². The van der Waals surface area contributed by atoms with Gasteiger partial charge in [-0.2, -0.15) is 10.2 Å². The van der Waals surface area contributed by atoms with E-state index in [2.05, 4.69) is 22.4 Å². The Labute approximate surface area is 101 Å². The highest BCUT2D eigenvalue weighted by molar-refractivity contribution is 5.95. The molecule has 92 valence electrons. The number of piperazine rings is 1. The van der Waals surface area contributed by atoms with E-state index in [1.54, 1.807) is 0 Å². The third-order valence-electron chi connectivity index (χ3n) is 3.09. The lowest BCUT2D eigenvalue weighted by Crippen LogP contribution is -2.52. The lowest BCUT2D eigenvalue weighted by Gasteiger charge is -2.34. The van der Waals surface area contributed by atoms with Crippen LogP contribution in [0.3, 0.4) is 0 Å². The van der Waals surface area contributed by atoms with Crippen LogP contribution in [0.15, 0.2) is 6.07 Å². The molecule has 1 amide bonds. The van der Waals surface area contributed by atoms with Crippen molar-refractivity contribution in [3.63, 3.8) is 0 Å². The molecule has 1 atom stereocenters. The molecule has 1 aliphatic rings. The zero-order valence-electron chi connectivity index (χ0n) is 10.5. The van der Waals surface area contributed by atoms with Gasteiger partial charge in [0, 0.05) is 25.7 Å². The number of hydrogen-bond donors (Lipinski definition) is 1. The summed E-state index contributed by atoms with van der Waals surface area (Å²) in [6, 6.07) is 2.04. The molecule has 0 aliphatic carbocycles. The van der Waals surface area contributed by atoms with Gasteiger partial charge in [0.15, 0.2) is 0 Å². The van der Waals surface area contributed by atoms with Gasteiger partial charge in [-0.1, -0.05) is 0 Å². The van der Waals surface area contributed by atoms with Crippen LogP contribution in [0.2, 0.25) is 0 Å². The predicted molar refractivity (Wildman–Crippen MR) is 64.9 cm³/mol. The Bertz CT molecular complexity index is 433. The SMILES string of the molecule is Cc1cc(C(=O)N2CCNC[C@H]2C)c(C)nn1. The minimum absolute atomic E-state index is 0.0644. The summed E-state index contributed by atoms with van der Waals surface area (Å²) in [5, 5.41) is 11.2. The lowest BCUT2D eigenvalue weighted by molar-refractivity contribution is 0.0654. The number of rotatable bonds is 1. The highest BCUT2D eigenvalue weighted by Gasteiger charge is 2.25. The van der Waals surface area contributed by atoms with Gasteiger partial charge in [0.05, 0.1) is 17.0 Å². The van der Waals surface area contributed by atoms with Crippen LogP contribution in [0, 0.1) is 13.8 Å². The van der Waals surface area contributed by atoms with Crippen LogP contribution < -0.4 is 5.32 Å². The topological polar surface area (TPSA) is 58.1 Å². The average Bonchev–Trinajstić information content (AvgIpc) is 2.32. The second-order valence-corrected chi connectivity index (χ2v) is 4.54. The summed E-state index contributed by atoms with van der Waals surface area (Å²) in [5.41, 5.74) is 2.15. The van der Waals surface area contributed by atoms with E-state index >= 15 is 0 Å². The van der Waals surface area contributed by atoms with Gasteiger partial charge in [0.1, 0.15) is 0 Å². The maximum Gasteiger partial charge on any atom is 0.256 e. The van der Waals surface area contributed by atoms with Gasteiger partial charge < -0.3 is 10.2 Å². The largest absolute Gasteiger partial charge is 0.333 e. The van der Waals surface area contributed by atoms with Gasteiger partial charge in [-0.05, 0) is 26.8 Å². The van der Waals surface area contributed by atoms with Gasteiger partial charge in [-0.25, -0.2) is 0 Å². The van der Waals surface area contributed by atoms with E-state index in [0.29, 0.717) is 11.3 Å². The average molecular weight is 234 g/mol. The Hall–Kier alpha value is -1.49. The molecule has 2 rings (SSSR count). The van der Waals surface area contributed by atoms with E-state index in [9.17, 15) is 4.79 Å². The molecule has 0 radical (unpaired) electrons. The van der Waals surface area contributed by atoms with Gasteiger partial charge in [0.2, 0.25) is 0 Å². The quantitative estimate of drug-likeness (QED) is 0.770. The fourth-order valence-corrected chi connectivity index (χ4v) is 2.06. The van der Waals surface area contributed by atoms with Crippen LogP contribution in [0.5, 0.6) is 0 Å². The minimum atomic E-state index is 0.0644. The molecule has 1 aromatic heterocycles. The van der Waals surface area contributed by atoms with Gasteiger partial charge in [-0.15, -0.1) is 0 Å². The van der Waals surface area contributed by atoms with Gasteiger partial charge >= 0.3 is 0 Å². The molecular weight excluding hydrogens is 216 g/mol. The Morgan fingerprint density at radius 2 is 2.24 bits per heavy atom. The van der Waals surface area contributed by atoms with Crippen LogP contribution in [-0.2, 0) is 0 Å². The molecule has 5 heteroatoms. The fraction of sp³-hybridized carbons (Fsp3) is 0.583. The van der Waals surface area contributed by atoms with Crippen molar-refractivity contribution in [3.8, 4) is 0 Å².